The number of thiol groups is 1. The van der Waals surface area contributed by atoms with Gasteiger partial charge in [0, 0.05) is 50.0 Å². The first kappa shape index (κ1) is 99.3. The van der Waals surface area contributed by atoms with Crippen LogP contribution in [0.25, 0.3) is 0 Å². The van der Waals surface area contributed by atoms with Crippen LogP contribution in [0.15, 0.2) is 41.8 Å². The predicted molar refractivity (Wildman–Crippen MR) is 414 cm³/mol. The summed E-state index contributed by atoms with van der Waals surface area (Å²) < 4.78 is 0. The largest absolute Gasteiger partial charge is 0.508 e. The average Bonchev–Trinajstić information content (AvgIpc) is 1.71. The molecule has 1 saturated heterocycles. The van der Waals surface area contributed by atoms with Crippen molar-refractivity contribution in [2.75, 3.05) is 32.0 Å². The minimum Gasteiger partial charge on any atom is -0.508 e. The summed E-state index contributed by atoms with van der Waals surface area (Å²) in [6.07, 6.45) is -4.54. The van der Waals surface area contributed by atoms with Gasteiger partial charge < -0.3 is 138 Å². The van der Waals surface area contributed by atoms with E-state index in [1.165, 1.54) is 43.7 Å². The topological polar surface area (TPSA) is 759 Å². The number of hydrogen-bond acceptors (Lipinski definition) is 26. The number of aromatic amines is 1. The molecule has 1 aromatic carbocycles. The van der Waals surface area contributed by atoms with Gasteiger partial charge >= 0.3 is 11.9 Å². The molecule has 46 nitrogen and oxygen atoms in total. The molecule has 650 valence electrons. The Balaban J connectivity index is 1.76. The summed E-state index contributed by atoms with van der Waals surface area (Å²) in [5.74, 6) is -21.9. The van der Waals surface area contributed by atoms with Gasteiger partial charge in [-0.1, -0.05) is 46.2 Å². The number of nitrogens with zero attached hydrogens (tertiary/aromatic N) is 3. The highest BCUT2D eigenvalue weighted by Crippen LogP contribution is 2.22. The van der Waals surface area contributed by atoms with Crippen LogP contribution in [0.1, 0.15) is 124 Å². The number of primary amides is 2. The molecule has 1 fully saturated rings. The summed E-state index contributed by atoms with van der Waals surface area (Å²) >= 11 is 4.22. The SMILES string of the molecule is CC[C@H](C)[C@H](NC(=O)[C@@H]1CCCN1C(=O)[C@@H](NC(=O)[C@@H](NC(=O)[C@H](Cc1cnc[nH]1)NC(=O)[C@H](CC(N)=O)NC(=O)[C@H](CC(=O)O)NC(=O)[C@@H](N)CO)[C@@H](C)O)[C@@H](C)O)C(=O)N[C@@H](CC(C)C)C(=O)N[C@@H](CS)C(=O)NCC(=O)N[C@@H](C)C(=O)N[C@@H](CCC(N)=O)C(=O)N[C@@H](Cc1ccc(O)cc1)C(=O)N[C@@H](CCCN=C(N)N)C(=O)O. The van der Waals surface area contributed by atoms with Gasteiger partial charge in [0.2, 0.25) is 94.5 Å². The lowest BCUT2D eigenvalue weighted by Gasteiger charge is -2.33. The van der Waals surface area contributed by atoms with Crippen molar-refractivity contribution in [1.82, 2.24) is 84.0 Å². The molecule has 0 saturated carbocycles. The highest BCUT2D eigenvalue weighted by atomic mass is 32.1. The summed E-state index contributed by atoms with van der Waals surface area (Å²) in [4.78, 5) is 253. The van der Waals surface area contributed by atoms with Gasteiger partial charge in [0.25, 0.3) is 0 Å². The summed E-state index contributed by atoms with van der Waals surface area (Å²) in [5.41, 5.74) is 27.5. The molecule has 2 aromatic rings. The smallest absolute Gasteiger partial charge is 0.326 e. The van der Waals surface area contributed by atoms with Crippen molar-refractivity contribution in [1.29, 1.82) is 0 Å². The van der Waals surface area contributed by atoms with Crippen LogP contribution in [0.4, 0.5) is 0 Å². The molecule has 0 aliphatic carbocycles. The van der Waals surface area contributed by atoms with Gasteiger partial charge in [0.05, 0.1) is 44.5 Å². The second kappa shape index (κ2) is 49.2. The van der Waals surface area contributed by atoms with Gasteiger partial charge in [-0.05, 0) is 88.8 Å². The molecule has 0 bridgehead atoms. The number of carbonyl (C=O) groups is 18. The lowest BCUT2D eigenvalue weighted by molar-refractivity contribution is -0.145. The number of aliphatic hydroxyl groups excluding tert-OH is 3. The maximum absolute atomic E-state index is 14.5. The zero-order valence-corrected chi connectivity index (χ0v) is 66.5. The first-order chi connectivity index (χ1) is 54.9. The first-order valence-corrected chi connectivity index (χ1v) is 37.9. The first-order valence-electron chi connectivity index (χ1n) is 37.3. The lowest BCUT2D eigenvalue weighted by atomic mass is 9.96. The Hall–Kier alpha value is -11.9. The fourth-order valence-electron chi connectivity index (χ4n) is 11.6. The Labute approximate surface area is 677 Å². The van der Waals surface area contributed by atoms with E-state index in [0.29, 0.717) is 5.56 Å². The molecule has 0 unspecified atom stereocenters. The molecule has 47 heteroatoms. The van der Waals surface area contributed by atoms with Crippen LogP contribution in [-0.4, -0.2) is 287 Å². The fraction of sp³-hybridized carbons (Fsp3) is 0.600. The molecule has 16 amide bonds. The number of benzene rings is 1. The van der Waals surface area contributed by atoms with Crippen LogP contribution >= 0.6 is 12.6 Å². The van der Waals surface area contributed by atoms with E-state index in [1.807, 2.05) is 5.32 Å². The molecule has 0 spiro atoms. The Morgan fingerprint density at radius 2 is 1.11 bits per heavy atom. The maximum Gasteiger partial charge on any atom is 0.326 e. The standard InChI is InChI=1S/C70H110N22O24S/c1-8-32(4)53(89-65(111)48-12-10-20-92(48)68(114)55(35(7)95)91-67(113)54(34(6)94)90-64(110)44(23-37-26-76-30-79-37)85-62(108)45(24-50(73)98)86-63(109)46(25-52(100)101)83-57(103)39(71)28-93)66(112)87-42(21-31(2)3)60(106)88-47(29-117)58(104)78-27-51(99)80-33(5)56(102)81-40(17-18-49(72)97)59(105)84-43(22-36-13-15-38(96)16-14-36)61(107)82-41(69(115)116)11-9-19-77-70(74)75/h13-16,26,30-35,39-48,53-55,93-96,117H,8-12,17-25,27-29,71H2,1-7H3,(H2,72,97)(H2,73,98)(H,76,79)(H,78,104)(H,80,99)(H,81,102)(H,82,107)(H,83,103)(H,84,105)(H,85,108)(H,86,109)(H,87,112)(H,88,106)(H,89,111)(H,90,110)(H,91,113)(H,100,101)(H,115,116)(H4,74,75,77)/t32-,33-,34+,35+,39-,40-,41-,42-,43-,44-,45-,46-,47-,48-,53-,54-,55-/m0/s1. The van der Waals surface area contributed by atoms with Crippen molar-refractivity contribution >= 4 is 125 Å². The number of nitrogens with one attached hydrogen (secondary N) is 14. The van der Waals surface area contributed by atoms with Crippen molar-refractivity contribution in [3.8, 4) is 5.75 Å². The Morgan fingerprint density at radius 3 is 1.65 bits per heavy atom. The van der Waals surface area contributed by atoms with Crippen LogP contribution in [0.2, 0.25) is 0 Å². The van der Waals surface area contributed by atoms with Crippen LogP contribution in [0.5, 0.6) is 5.75 Å². The molecule has 30 N–H and O–H groups in total. The lowest BCUT2D eigenvalue weighted by Crippen LogP contribution is -2.63. The predicted octanol–water partition coefficient (Wildman–Crippen LogP) is -10.3. The van der Waals surface area contributed by atoms with Gasteiger partial charge in [-0.3, -0.25) is 86.5 Å². The molecule has 1 aromatic heterocycles. The minimum absolute atomic E-state index is 0.0174. The summed E-state index contributed by atoms with van der Waals surface area (Å²) in [5, 5.41) is 91.2. The van der Waals surface area contributed by atoms with Gasteiger partial charge in [-0.15, -0.1) is 0 Å². The number of imidazole rings is 1. The molecule has 1 aliphatic rings. The molecule has 0 radical (unpaired) electrons. The zero-order chi connectivity index (χ0) is 88.2. The minimum atomic E-state index is -2.01. The van der Waals surface area contributed by atoms with Gasteiger partial charge in [-0.2, -0.15) is 12.6 Å². The molecule has 3 rings (SSSR count). The Bertz CT molecular complexity index is 3830. The number of rotatable bonds is 51. The molecular formula is C70H110N22O24S. The number of aliphatic hydroxyl groups is 3. The summed E-state index contributed by atoms with van der Waals surface area (Å²) in [6.45, 7) is 8.24. The Morgan fingerprint density at radius 1 is 0.590 bits per heavy atom. The molecule has 17 atom stereocenters. The van der Waals surface area contributed by atoms with Crippen LogP contribution < -0.4 is 97.8 Å². The Kier molecular flexibility index (Phi) is 41.7. The third kappa shape index (κ3) is 34.2. The van der Waals surface area contributed by atoms with E-state index in [1.54, 1.807) is 27.7 Å². The molecular weight excluding hydrogens is 1560 g/mol. The number of hydrogen-bond donors (Lipinski definition) is 26. The molecule has 117 heavy (non-hydrogen) atoms. The van der Waals surface area contributed by atoms with E-state index < -0.39 is 254 Å². The van der Waals surface area contributed by atoms with Gasteiger partial charge in [0.15, 0.2) is 5.96 Å². The average molecular weight is 1680 g/mol. The number of guanidine groups is 1. The number of aromatic hydroxyl groups is 1. The number of aromatic nitrogens is 2. The van der Waals surface area contributed by atoms with E-state index in [9.17, 15) is 117 Å². The number of amides is 16. The van der Waals surface area contributed by atoms with Crippen molar-refractivity contribution < 1.29 is 117 Å². The number of phenolic OH excluding ortho intramolecular Hbond substituents is 1. The highest BCUT2D eigenvalue weighted by molar-refractivity contribution is 7.80. The number of aliphatic imine (C=N–C) groups is 1. The quantitative estimate of drug-likeness (QED) is 0.0127. The van der Waals surface area contributed by atoms with E-state index in [0.717, 1.165) is 18.7 Å². The third-order valence-corrected chi connectivity index (χ3v) is 18.5. The van der Waals surface area contributed by atoms with Gasteiger partial charge in [-0.25, -0.2) is 9.78 Å². The van der Waals surface area contributed by atoms with Crippen molar-refractivity contribution in [2.24, 2.45) is 45.5 Å². The molecule has 2 heterocycles. The number of likely N-dealkylation sites (tertiary alicyclic amines) is 1. The highest BCUT2D eigenvalue weighted by Gasteiger charge is 2.44. The number of carbonyl (C=O) groups excluding carboxylic acids is 16. The zero-order valence-electron chi connectivity index (χ0n) is 65.6. The third-order valence-electron chi connectivity index (χ3n) is 18.2. The fourth-order valence-corrected chi connectivity index (χ4v) is 11.8. The number of carboxylic acid groups (broad SMARTS) is 2. The maximum atomic E-state index is 14.5. The molecule has 1 aliphatic heterocycles. The van der Waals surface area contributed by atoms with Crippen molar-refractivity contribution in [3.05, 3.63) is 48.0 Å². The summed E-state index contributed by atoms with van der Waals surface area (Å²) in [7, 11) is 0. The normalized spacial score (nSPS) is 16.5. The second-order valence-electron chi connectivity index (χ2n) is 28.3. The second-order valence-corrected chi connectivity index (χ2v) is 28.7. The van der Waals surface area contributed by atoms with Gasteiger partial charge in [0.1, 0.15) is 90.3 Å². The van der Waals surface area contributed by atoms with E-state index in [2.05, 4.69) is 91.4 Å². The number of nitrogens with two attached hydrogens (primary N) is 5. The number of H-pyrrole nitrogens is 1. The number of aliphatic carboxylic acids is 2. The van der Waals surface area contributed by atoms with E-state index in [4.69, 9.17) is 28.7 Å². The van der Waals surface area contributed by atoms with Crippen LogP contribution in [0, 0.1) is 11.8 Å². The number of phenols is 1. The summed E-state index contributed by atoms with van der Waals surface area (Å²) in [6, 6.07) is -17.5. The van der Waals surface area contributed by atoms with Crippen molar-refractivity contribution in [3.63, 3.8) is 0 Å². The van der Waals surface area contributed by atoms with Crippen molar-refractivity contribution in [2.45, 2.75) is 222 Å². The van der Waals surface area contributed by atoms with Crippen LogP contribution in [-0.2, 0) is 99.1 Å². The monoisotopic (exact) mass is 1670 g/mol. The van der Waals surface area contributed by atoms with E-state index >= 15 is 0 Å². The van der Waals surface area contributed by atoms with E-state index in [-0.39, 0.29) is 87.1 Å². The van der Waals surface area contributed by atoms with Crippen LogP contribution in [0.3, 0.4) is 0 Å². The number of carboxylic acids is 2.